The predicted octanol–water partition coefficient (Wildman–Crippen LogP) is 3.00. The number of hydrogen-bond acceptors (Lipinski definition) is 4. The number of nitrogens with zero attached hydrogens (tertiary/aromatic N) is 2. The summed E-state index contributed by atoms with van der Waals surface area (Å²) in [6, 6.07) is 8.16. The maximum absolute atomic E-state index is 5.32. The minimum absolute atomic E-state index is 0.715. The van der Waals surface area contributed by atoms with Crippen molar-refractivity contribution in [2.75, 3.05) is 38.6 Å². The second kappa shape index (κ2) is 6.31. The van der Waals surface area contributed by atoms with Gasteiger partial charge in [-0.15, -0.1) is 0 Å². The summed E-state index contributed by atoms with van der Waals surface area (Å²) >= 11 is 0. The summed E-state index contributed by atoms with van der Waals surface area (Å²) in [4.78, 5) is 7.01. The molecule has 1 aromatic carbocycles. The van der Waals surface area contributed by atoms with Crippen molar-refractivity contribution >= 4 is 16.6 Å². The number of fused-ring (bicyclic) bond motifs is 1. The number of hydrogen-bond donors (Lipinski definition) is 1. The SMILES string of the molecule is CCN1CCC(CNc2nccc3ccc(OC)cc23)C1. The fourth-order valence-corrected chi connectivity index (χ4v) is 3.02. The Morgan fingerprint density at radius 2 is 2.29 bits per heavy atom. The number of methoxy groups -OCH3 is 1. The lowest BCUT2D eigenvalue weighted by Gasteiger charge is -2.15. The summed E-state index contributed by atoms with van der Waals surface area (Å²) in [7, 11) is 1.70. The largest absolute Gasteiger partial charge is 0.497 e. The van der Waals surface area contributed by atoms with Gasteiger partial charge in [0.1, 0.15) is 11.6 Å². The monoisotopic (exact) mass is 285 g/mol. The molecule has 1 aromatic heterocycles. The summed E-state index contributed by atoms with van der Waals surface area (Å²) in [6.45, 7) is 6.78. The molecule has 112 valence electrons. The number of rotatable bonds is 5. The normalized spacial score (nSPS) is 19.0. The minimum Gasteiger partial charge on any atom is -0.497 e. The molecule has 1 saturated heterocycles. The highest BCUT2D eigenvalue weighted by molar-refractivity contribution is 5.92. The summed E-state index contributed by atoms with van der Waals surface area (Å²) in [5, 5.41) is 5.85. The quantitative estimate of drug-likeness (QED) is 0.916. The van der Waals surface area contributed by atoms with Crippen LogP contribution in [0.15, 0.2) is 30.5 Å². The van der Waals surface area contributed by atoms with Crippen LogP contribution in [-0.2, 0) is 0 Å². The standard InChI is InChI=1S/C17H23N3O/c1-3-20-9-7-13(12-20)11-19-17-16-10-15(21-2)5-4-14(16)6-8-18-17/h4-6,8,10,13H,3,7,9,11-12H2,1-2H3,(H,18,19). The Bertz CT molecular complexity index is 614. The number of aromatic nitrogens is 1. The van der Waals surface area contributed by atoms with Crippen LogP contribution in [0.2, 0.25) is 0 Å². The third-order valence-electron chi connectivity index (χ3n) is 4.35. The second-order valence-corrected chi connectivity index (χ2v) is 5.68. The number of ether oxygens (including phenoxy) is 1. The van der Waals surface area contributed by atoms with Gasteiger partial charge in [-0.1, -0.05) is 13.0 Å². The van der Waals surface area contributed by atoms with Gasteiger partial charge in [0, 0.05) is 24.7 Å². The van der Waals surface area contributed by atoms with Gasteiger partial charge < -0.3 is 15.0 Å². The lowest BCUT2D eigenvalue weighted by Crippen LogP contribution is -2.22. The van der Waals surface area contributed by atoms with Gasteiger partial charge in [0.25, 0.3) is 0 Å². The second-order valence-electron chi connectivity index (χ2n) is 5.68. The van der Waals surface area contributed by atoms with Gasteiger partial charge in [-0.25, -0.2) is 4.98 Å². The lowest BCUT2D eigenvalue weighted by molar-refractivity contribution is 0.345. The van der Waals surface area contributed by atoms with Crippen LogP contribution in [0.1, 0.15) is 13.3 Å². The number of anilines is 1. The van der Waals surface area contributed by atoms with Gasteiger partial charge in [-0.2, -0.15) is 0 Å². The minimum atomic E-state index is 0.715. The van der Waals surface area contributed by atoms with Gasteiger partial charge in [0.05, 0.1) is 7.11 Å². The van der Waals surface area contributed by atoms with Gasteiger partial charge in [-0.05, 0) is 49.0 Å². The molecule has 21 heavy (non-hydrogen) atoms. The first kappa shape index (κ1) is 14.1. The molecule has 0 aliphatic carbocycles. The molecule has 1 fully saturated rings. The Morgan fingerprint density at radius 1 is 1.38 bits per heavy atom. The zero-order valence-corrected chi connectivity index (χ0v) is 12.8. The van der Waals surface area contributed by atoms with Crippen LogP contribution in [0.3, 0.4) is 0 Å². The van der Waals surface area contributed by atoms with Gasteiger partial charge >= 0.3 is 0 Å². The Kier molecular flexibility index (Phi) is 4.25. The number of pyridine rings is 1. The third-order valence-corrected chi connectivity index (χ3v) is 4.35. The van der Waals surface area contributed by atoms with E-state index < -0.39 is 0 Å². The number of benzene rings is 1. The highest BCUT2D eigenvalue weighted by Crippen LogP contribution is 2.26. The molecule has 3 rings (SSSR count). The average Bonchev–Trinajstić information content (AvgIpc) is 3.00. The number of likely N-dealkylation sites (tertiary alicyclic amines) is 1. The molecule has 1 atom stereocenters. The Hall–Kier alpha value is -1.81. The predicted molar refractivity (Wildman–Crippen MR) is 87.0 cm³/mol. The first-order valence-corrected chi connectivity index (χ1v) is 7.69. The van der Waals surface area contributed by atoms with E-state index in [2.05, 4.69) is 34.3 Å². The topological polar surface area (TPSA) is 37.4 Å². The summed E-state index contributed by atoms with van der Waals surface area (Å²) in [5.74, 6) is 2.55. The molecule has 0 radical (unpaired) electrons. The maximum atomic E-state index is 5.32. The van der Waals surface area contributed by atoms with E-state index in [1.807, 2.05) is 18.3 Å². The smallest absolute Gasteiger partial charge is 0.133 e. The van der Waals surface area contributed by atoms with Crippen LogP contribution in [0.25, 0.3) is 10.8 Å². The molecule has 0 bridgehead atoms. The molecule has 1 aliphatic rings. The molecular weight excluding hydrogens is 262 g/mol. The van der Waals surface area contributed by atoms with E-state index in [4.69, 9.17) is 4.74 Å². The lowest BCUT2D eigenvalue weighted by atomic mass is 10.1. The van der Waals surface area contributed by atoms with E-state index in [9.17, 15) is 0 Å². The average molecular weight is 285 g/mol. The van der Waals surface area contributed by atoms with Crippen molar-refractivity contribution in [3.63, 3.8) is 0 Å². The van der Waals surface area contributed by atoms with Crippen LogP contribution < -0.4 is 10.1 Å². The molecule has 1 unspecified atom stereocenters. The van der Waals surface area contributed by atoms with Gasteiger partial charge in [0.2, 0.25) is 0 Å². The summed E-state index contributed by atoms with van der Waals surface area (Å²) in [5.41, 5.74) is 0. The van der Waals surface area contributed by atoms with Crippen molar-refractivity contribution in [2.45, 2.75) is 13.3 Å². The molecule has 4 nitrogen and oxygen atoms in total. The van der Waals surface area contributed by atoms with Crippen molar-refractivity contribution in [1.29, 1.82) is 0 Å². The summed E-state index contributed by atoms with van der Waals surface area (Å²) in [6.07, 6.45) is 3.14. The first-order chi connectivity index (χ1) is 10.3. The van der Waals surface area contributed by atoms with Crippen molar-refractivity contribution in [3.05, 3.63) is 30.5 Å². The van der Waals surface area contributed by atoms with Crippen molar-refractivity contribution in [2.24, 2.45) is 5.92 Å². The van der Waals surface area contributed by atoms with E-state index in [1.165, 1.54) is 24.9 Å². The van der Waals surface area contributed by atoms with Crippen LogP contribution in [-0.4, -0.2) is 43.2 Å². The highest BCUT2D eigenvalue weighted by atomic mass is 16.5. The Balaban J connectivity index is 1.74. The van der Waals surface area contributed by atoms with E-state index in [0.29, 0.717) is 5.92 Å². The van der Waals surface area contributed by atoms with Crippen molar-refractivity contribution in [3.8, 4) is 5.75 Å². The zero-order valence-electron chi connectivity index (χ0n) is 12.8. The van der Waals surface area contributed by atoms with Crippen LogP contribution in [0.4, 0.5) is 5.82 Å². The van der Waals surface area contributed by atoms with E-state index in [-0.39, 0.29) is 0 Å². The molecule has 1 aliphatic heterocycles. The molecule has 1 N–H and O–H groups in total. The molecule has 2 aromatic rings. The van der Waals surface area contributed by atoms with Crippen molar-refractivity contribution in [1.82, 2.24) is 9.88 Å². The Morgan fingerprint density at radius 3 is 3.05 bits per heavy atom. The zero-order chi connectivity index (χ0) is 14.7. The van der Waals surface area contributed by atoms with Crippen molar-refractivity contribution < 1.29 is 4.74 Å². The fourth-order valence-electron chi connectivity index (χ4n) is 3.02. The van der Waals surface area contributed by atoms with E-state index >= 15 is 0 Å². The molecular formula is C17H23N3O. The van der Waals surface area contributed by atoms with Crippen LogP contribution in [0.5, 0.6) is 5.75 Å². The van der Waals surface area contributed by atoms with Crippen LogP contribution in [0, 0.1) is 5.92 Å². The molecule has 0 saturated carbocycles. The molecule has 4 heteroatoms. The Labute approximate surface area is 126 Å². The maximum Gasteiger partial charge on any atom is 0.133 e. The highest BCUT2D eigenvalue weighted by Gasteiger charge is 2.20. The fraction of sp³-hybridized carbons (Fsp3) is 0.471. The van der Waals surface area contributed by atoms with Crippen LogP contribution >= 0.6 is 0 Å². The van der Waals surface area contributed by atoms with E-state index in [1.54, 1.807) is 7.11 Å². The first-order valence-electron chi connectivity index (χ1n) is 7.69. The van der Waals surface area contributed by atoms with Gasteiger partial charge in [-0.3, -0.25) is 0 Å². The molecule has 0 amide bonds. The number of nitrogens with one attached hydrogen (secondary N) is 1. The third kappa shape index (κ3) is 3.10. The van der Waals surface area contributed by atoms with Gasteiger partial charge in [0.15, 0.2) is 0 Å². The summed E-state index contributed by atoms with van der Waals surface area (Å²) < 4.78 is 5.32. The molecule has 0 spiro atoms. The van der Waals surface area contributed by atoms with E-state index in [0.717, 1.165) is 30.0 Å². The molecule has 2 heterocycles.